The van der Waals surface area contributed by atoms with Crippen LogP contribution >= 0.6 is 0 Å². The molecule has 2 saturated heterocycles. The molecule has 0 radical (unpaired) electrons. The number of hydrogen-bond acceptors (Lipinski definition) is 3. The van der Waals surface area contributed by atoms with Crippen molar-refractivity contribution in [1.82, 2.24) is 9.21 Å². The molecular weight excluding hydrogens is 324 g/mol. The lowest BCUT2D eigenvalue weighted by Gasteiger charge is -2.37. The van der Waals surface area contributed by atoms with Gasteiger partial charge in [-0.05, 0) is 31.4 Å². The Morgan fingerprint density at radius 2 is 1.83 bits per heavy atom. The number of anilines is 1. The quantitative estimate of drug-likeness (QED) is 0.665. The molecule has 1 N–H and O–H groups in total. The van der Waals surface area contributed by atoms with Gasteiger partial charge in [-0.15, -0.1) is 0 Å². The Labute approximate surface area is 144 Å². The third-order valence-corrected chi connectivity index (χ3v) is 5.81. The number of para-hydroxylation sites is 1. The molecule has 6 nitrogen and oxygen atoms in total. The van der Waals surface area contributed by atoms with Crippen LogP contribution in [-0.4, -0.2) is 62.6 Å². The van der Waals surface area contributed by atoms with Crippen molar-refractivity contribution in [3.05, 3.63) is 30.3 Å². The molecule has 2 fully saturated rings. The van der Waals surface area contributed by atoms with Crippen molar-refractivity contribution in [2.24, 2.45) is 10.9 Å². The number of nitrogens with one attached hydrogen (secondary N) is 1. The molecule has 0 bridgehead atoms. The average Bonchev–Trinajstić information content (AvgIpc) is 2.53. The number of hydrogen-bond donors (Lipinski definition) is 1. The second-order valence-electron chi connectivity index (χ2n) is 6.65. The summed E-state index contributed by atoms with van der Waals surface area (Å²) in [6, 6.07) is 10.1. The minimum absolute atomic E-state index is 0.317. The summed E-state index contributed by atoms with van der Waals surface area (Å²) in [7, 11) is -3.05. The normalized spacial score (nSPS) is 20.7. The van der Waals surface area contributed by atoms with Gasteiger partial charge in [-0.25, -0.2) is 12.7 Å². The van der Waals surface area contributed by atoms with E-state index < -0.39 is 10.0 Å². The van der Waals surface area contributed by atoms with Crippen LogP contribution in [0.15, 0.2) is 35.3 Å². The van der Waals surface area contributed by atoms with Gasteiger partial charge in [0.25, 0.3) is 0 Å². The molecule has 2 heterocycles. The van der Waals surface area contributed by atoms with Crippen LogP contribution in [0.2, 0.25) is 0 Å². The number of aliphatic imine (C=N–C) groups is 1. The van der Waals surface area contributed by atoms with Crippen LogP contribution in [0.3, 0.4) is 0 Å². The summed E-state index contributed by atoms with van der Waals surface area (Å²) < 4.78 is 24.4. The minimum Gasteiger partial charge on any atom is -0.343 e. The van der Waals surface area contributed by atoms with Crippen molar-refractivity contribution in [3.8, 4) is 0 Å². The largest absolute Gasteiger partial charge is 0.343 e. The summed E-state index contributed by atoms with van der Waals surface area (Å²) >= 11 is 0. The van der Waals surface area contributed by atoms with E-state index in [1.54, 1.807) is 0 Å². The number of nitrogens with zero attached hydrogens (tertiary/aromatic N) is 3. The molecule has 0 unspecified atom stereocenters. The SMILES string of the molecule is CS(=O)(=O)N1CC(CN=C(Nc2ccccc2)N2CCCCC2)C1. The van der Waals surface area contributed by atoms with Crippen LogP contribution in [0.5, 0.6) is 0 Å². The molecule has 2 aliphatic heterocycles. The fraction of sp³-hybridized carbons (Fsp3) is 0.588. The van der Waals surface area contributed by atoms with E-state index in [0.29, 0.717) is 25.6 Å². The summed E-state index contributed by atoms with van der Waals surface area (Å²) in [6.07, 6.45) is 4.94. The van der Waals surface area contributed by atoms with E-state index in [2.05, 4.69) is 10.2 Å². The molecule has 3 rings (SSSR count). The van der Waals surface area contributed by atoms with Crippen LogP contribution in [0, 0.1) is 5.92 Å². The number of benzene rings is 1. The van der Waals surface area contributed by atoms with Crippen molar-refractivity contribution in [3.63, 3.8) is 0 Å². The number of sulfonamides is 1. The van der Waals surface area contributed by atoms with Crippen molar-refractivity contribution in [1.29, 1.82) is 0 Å². The zero-order chi connectivity index (χ0) is 17.0. The molecule has 1 aromatic carbocycles. The summed E-state index contributed by atoms with van der Waals surface area (Å²) in [6.45, 7) is 3.89. The van der Waals surface area contributed by atoms with E-state index in [-0.39, 0.29) is 0 Å². The van der Waals surface area contributed by atoms with Crippen molar-refractivity contribution in [2.45, 2.75) is 19.3 Å². The Hall–Kier alpha value is -1.60. The highest BCUT2D eigenvalue weighted by molar-refractivity contribution is 7.88. The molecule has 0 atom stereocenters. The van der Waals surface area contributed by atoms with Gasteiger partial charge in [0.15, 0.2) is 5.96 Å². The summed E-state index contributed by atoms with van der Waals surface area (Å²) in [5.41, 5.74) is 1.04. The van der Waals surface area contributed by atoms with Gasteiger partial charge in [-0.1, -0.05) is 18.2 Å². The molecule has 24 heavy (non-hydrogen) atoms. The highest BCUT2D eigenvalue weighted by atomic mass is 32.2. The summed E-state index contributed by atoms with van der Waals surface area (Å²) in [4.78, 5) is 7.10. The molecule has 0 spiro atoms. The number of guanidine groups is 1. The molecule has 2 aliphatic rings. The highest BCUT2D eigenvalue weighted by Crippen LogP contribution is 2.19. The number of likely N-dealkylation sites (tertiary alicyclic amines) is 1. The molecule has 0 amide bonds. The topological polar surface area (TPSA) is 65.0 Å². The Bertz CT molecular complexity index is 663. The van der Waals surface area contributed by atoms with Gasteiger partial charge in [0.2, 0.25) is 10.0 Å². The van der Waals surface area contributed by atoms with Gasteiger partial charge < -0.3 is 10.2 Å². The van der Waals surface area contributed by atoms with Crippen LogP contribution in [0.1, 0.15) is 19.3 Å². The molecule has 0 saturated carbocycles. The van der Waals surface area contributed by atoms with Gasteiger partial charge >= 0.3 is 0 Å². The first kappa shape index (κ1) is 17.2. The molecule has 0 aliphatic carbocycles. The highest BCUT2D eigenvalue weighted by Gasteiger charge is 2.33. The molecule has 132 valence electrons. The summed E-state index contributed by atoms with van der Waals surface area (Å²) in [5, 5.41) is 3.44. The third-order valence-electron chi connectivity index (χ3n) is 4.58. The van der Waals surface area contributed by atoms with Crippen LogP contribution in [0.25, 0.3) is 0 Å². The second-order valence-corrected chi connectivity index (χ2v) is 8.63. The van der Waals surface area contributed by atoms with Gasteiger partial charge in [0.1, 0.15) is 0 Å². The van der Waals surface area contributed by atoms with E-state index in [4.69, 9.17) is 4.99 Å². The standard InChI is InChI=1S/C17H26N4O2S/c1-24(22,23)21-13-15(14-21)12-18-17(20-10-6-3-7-11-20)19-16-8-4-2-5-9-16/h2,4-5,8-9,15H,3,6-7,10-14H2,1H3,(H,18,19). The lowest BCUT2D eigenvalue weighted by Crippen LogP contribution is -2.51. The Kier molecular flexibility index (Phi) is 5.40. The first-order valence-electron chi connectivity index (χ1n) is 8.59. The second kappa shape index (κ2) is 7.53. The van der Waals surface area contributed by atoms with Gasteiger partial charge in [0.05, 0.1) is 6.26 Å². The first-order chi connectivity index (χ1) is 11.5. The van der Waals surface area contributed by atoms with Crippen molar-refractivity contribution < 1.29 is 8.42 Å². The maximum Gasteiger partial charge on any atom is 0.211 e. The van der Waals surface area contributed by atoms with Crippen LogP contribution < -0.4 is 5.32 Å². The fourth-order valence-corrected chi connectivity index (χ4v) is 4.06. The zero-order valence-corrected chi connectivity index (χ0v) is 15.0. The Balaban J connectivity index is 1.63. The van der Waals surface area contributed by atoms with Crippen LogP contribution in [0.4, 0.5) is 5.69 Å². The van der Waals surface area contributed by atoms with Crippen LogP contribution in [-0.2, 0) is 10.0 Å². The maximum absolute atomic E-state index is 11.5. The van der Waals surface area contributed by atoms with E-state index in [1.165, 1.54) is 29.8 Å². The number of piperidine rings is 1. The Morgan fingerprint density at radius 3 is 2.46 bits per heavy atom. The van der Waals surface area contributed by atoms with E-state index in [0.717, 1.165) is 24.7 Å². The maximum atomic E-state index is 11.5. The molecule has 7 heteroatoms. The monoisotopic (exact) mass is 350 g/mol. The van der Waals surface area contributed by atoms with Gasteiger partial charge in [-0.3, -0.25) is 4.99 Å². The average molecular weight is 350 g/mol. The summed E-state index contributed by atoms with van der Waals surface area (Å²) in [5.74, 6) is 1.23. The molecule has 1 aromatic rings. The van der Waals surface area contributed by atoms with E-state index in [9.17, 15) is 8.42 Å². The predicted molar refractivity (Wildman–Crippen MR) is 97.7 cm³/mol. The lowest BCUT2D eigenvalue weighted by molar-refractivity contribution is 0.208. The van der Waals surface area contributed by atoms with Crippen molar-refractivity contribution >= 4 is 21.7 Å². The van der Waals surface area contributed by atoms with E-state index >= 15 is 0 Å². The molecule has 0 aromatic heterocycles. The van der Waals surface area contributed by atoms with Crippen molar-refractivity contribution in [2.75, 3.05) is 44.3 Å². The van der Waals surface area contributed by atoms with Gasteiger partial charge in [-0.2, -0.15) is 0 Å². The lowest BCUT2D eigenvalue weighted by atomic mass is 10.0. The first-order valence-corrected chi connectivity index (χ1v) is 10.4. The Morgan fingerprint density at radius 1 is 1.17 bits per heavy atom. The fourth-order valence-electron chi connectivity index (χ4n) is 3.10. The van der Waals surface area contributed by atoms with E-state index in [1.807, 2.05) is 30.3 Å². The third kappa shape index (κ3) is 4.48. The molecular formula is C17H26N4O2S. The smallest absolute Gasteiger partial charge is 0.211 e. The minimum atomic E-state index is -3.05. The zero-order valence-electron chi connectivity index (χ0n) is 14.2. The van der Waals surface area contributed by atoms with Gasteiger partial charge in [0, 0.05) is 44.3 Å². The number of rotatable bonds is 4. The predicted octanol–water partition coefficient (Wildman–Crippen LogP) is 1.83.